The molecule has 0 unspecified atom stereocenters. The van der Waals surface area contributed by atoms with Crippen LogP contribution in [0.4, 0.5) is 5.69 Å². The van der Waals surface area contributed by atoms with Gasteiger partial charge in [-0.1, -0.05) is 13.8 Å². The molecule has 1 fully saturated rings. The molecule has 1 amide bonds. The van der Waals surface area contributed by atoms with Crippen LogP contribution in [-0.2, 0) is 11.8 Å². The fourth-order valence-electron chi connectivity index (χ4n) is 2.51. The monoisotopic (exact) mass is 314 g/mol. The van der Waals surface area contributed by atoms with Gasteiger partial charge >= 0.3 is 0 Å². The highest BCUT2D eigenvalue weighted by molar-refractivity contribution is 5.95. The molecule has 23 heavy (non-hydrogen) atoms. The molecule has 1 N–H and O–H groups in total. The third-order valence-corrected chi connectivity index (χ3v) is 3.85. The lowest BCUT2D eigenvalue weighted by Crippen LogP contribution is -2.14. The molecule has 0 aromatic carbocycles. The number of anilines is 1. The van der Waals surface area contributed by atoms with E-state index in [2.05, 4.69) is 29.2 Å². The Morgan fingerprint density at radius 1 is 1.43 bits per heavy atom. The van der Waals surface area contributed by atoms with Crippen LogP contribution in [0.15, 0.2) is 30.7 Å². The molecule has 0 aliphatic heterocycles. The molecule has 2 aromatic heterocycles. The van der Waals surface area contributed by atoms with Gasteiger partial charge in [0, 0.05) is 25.2 Å². The van der Waals surface area contributed by atoms with Crippen molar-refractivity contribution in [1.29, 1.82) is 0 Å². The number of hydrogen-bond acceptors (Lipinski definition) is 4. The van der Waals surface area contributed by atoms with Crippen LogP contribution >= 0.6 is 0 Å². The molecule has 2 heterocycles. The smallest absolute Gasteiger partial charge is 0.228 e. The van der Waals surface area contributed by atoms with Gasteiger partial charge in [0.2, 0.25) is 11.8 Å². The Hall–Kier alpha value is -2.37. The average Bonchev–Trinajstić information content (AvgIpc) is 3.21. The van der Waals surface area contributed by atoms with Gasteiger partial charge in [-0.05, 0) is 29.9 Å². The van der Waals surface area contributed by atoms with Gasteiger partial charge in [0.05, 0.1) is 24.7 Å². The Morgan fingerprint density at radius 3 is 2.87 bits per heavy atom. The van der Waals surface area contributed by atoms with Crippen molar-refractivity contribution < 1.29 is 9.53 Å². The van der Waals surface area contributed by atoms with E-state index < -0.39 is 0 Å². The maximum atomic E-state index is 12.3. The van der Waals surface area contributed by atoms with Crippen molar-refractivity contribution in [2.24, 2.45) is 18.9 Å². The second-order valence-electron chi connectivity index (χ2n) is 6.48. The standard InChI is InChI=1S/C17H22N4O2/c1-11(2)10-23-16-5-4-13(8-18-16)20-17(22)15-6-14(15)12-7-19-21(3)9-12/h4-5,7-9,11,14-15H,6,10H2,1-3H3,(H,20,22)/t14-,15-/m1/s1. The summed E-state index contributed by atoms with van der Waals surface area (Å²) in [5.74, 6) is 1.38. The zero-order chi connectivity index (χ0) is 16.4. The van der Waals surface area contributed by atoms with Crippen molar-refractivity contribution in [2.45, 2.75) is 26.2 Å². The highest BCUT2D eigenvalue weighted by Crippen LogP contribution is 2.47. The predicted molar refractivity (Wildman–Crippen MR) is 87.3 cm³/mol. The number of aryl methyl sites for hydroxylation is 1. The number of rotatable bonds is 6. The second kappa shape index (κ2) is 6.40. The number of carbonyl (C=O) groups excluding carboxylic acids is 1. The van der Waals surface area contributed by atoms with Gasteiger partial charge in [0.25, 0.3) is 0 Å². The zero-order valence-electron chi connectivity index (χ0n) is 13.7. The fourth-order valence-corrected chi connectivity index (χ4v) is 2.51. The summed E-state index contributed by atoms with van der Waals surface area (Å²) in [6, 6.07) is 3.60. The highest BCUT2D eigenvalue weighted by atomic mass is 16.5. The van der Waals surface area contributed by atoms with Gasteiger partial charge in [-0.15, -0.1) is 0 Å². The summed E-state index contributed by atoms with van der Waals surface area (Å²) in [5, 5.41) is 7.07. The van der Waals surface area contributed by atoms with Crippen molar-refractivity contribution in [3.8, 4) is 5.88 Å². The van der Waals surface area contributed by atoms with Crippen LogP contribution in [0.5, 0.6) is 5.88 Å². The molecule has 1 aliphatic carbocycles. The Bertz CT molecular complexity index is 678. The normalized spacial score (nSPS) is 19.7. The molecule has 2 atom stereocenters. The van der Waals surface area contributed by atoms with Crippen LogP contribution < -0.4 is 10.1 Å². The van der Waals surface area contributed by atoms with E-state index in [1.54, 1.807) is 16.9 Å². The van der Waals surface area contributed by atoms with E-state index in [-0.39, 0.29) is 17.7 Å². The summed E-state index contributed by atoms with van der Waals surface area (Å²) in [4.78, 5) is 16.5. The number of carbonyl (C=O) groups is 1. The van der Waals surface area contributed by atoms with Crippen molar-refractivity contribution in [3.63, 3.8) is 0 Å². The van der Waals surface area contributed by atoms with Crippen LogP contribution in [0.3, 0.4) is 0 Å². The van der Waals surface area contributed by atoms with E-state index in [4.69, 9.17) is 4.74 Å². The van der Waals surface area contributed by atoms with Gasteiger partial charge in [-0.25, -0.2) is 4.98 Å². The molecule has 1 saturated carbocycles. The maximum Gasteiger partial charge on any atom is 0.228 e. The molecule has 0 spiro atoms. The van der Waals surface area contributed by atoms with Crippen molar-refractivity contribution in [2.75, 3.05) is 11.9 Å². The number of ether oxygens (including phenoxy) is 1. The molecule has 2 aromatic rings. The van der Waals surface area contributed by atoms with Crippen molar-refractivity contribution in [1.82, 2.24) is 14.8 Å². The lowest BCUT2D eigenvalue weighted by molar-refractivity contribution is -0.117. The number of nitrogens with one attached hydrogen (secondary N) is 1. The Balaban J connectivity index is 1.52. The first-order valence-corrected chi connectivity index (χ1v) is 7.91. The third-order valence-electron chi connectivity index (χ3n) is 3.85. The summed E-state index contributed by atoms with van der Waals surface area (Å²) >= 11 is 0. The first-order chi connectivity index (χ1) is 11.0. The van der Waals surface area contributed by atoms with Crippen LogP contribution in [0.25, 0.3) is 0 Å². The van der Waals surface area contributed by atoms with Crippen LogP contribution in [0.2, 0.25) is 0 Å². The summed E-state index contributed by atoms with van der Waals surface area (Å²) in [6.45, 7) is 4.80. The minimum Gasteiger partial charge on any atom is -0.477 e. The first-order valence-electron chi connectivity index (χ1n) is 7.91. The van der Waals surface area contributed by atoms with Gasteiger partial charge in [-0.2, -0.15) is 5.10 Å². The van der Waals surface area contributed by atoms with Crippen LogP contribution in [0.1, 0.15) is 31.7 Å². The molecular weight excluding hydrogens is 292 g/mol. The molecule has 122 valence electrons. The summed E-state index contributed by atoms with van der Waals surface area (Å²) < 4.78 is 7.30. The van der Waals surface area contributed by atoms with Crippen LogP contribution in [0, 0.1) is 11.8 Å². The van der Waals surface area contributed by atoms with E-state index in [1.807, 2.05) is 25.5 Å². The lowest BCUT2D eigenvalue weighted by atomic mass is 10.2. The zero-order valence-corrected chi connectivity index (χ0v) is 13.7. The molecule has 1 aliphatic rings. The number of pyridine rings is 1. The topological polar surface area (TPSA) is 69.0 Å². The fraction of sp³-hybridized carbons (Fsp3) is 0.471. The van der Waals surface area contributed by atoms with Crippen molar-refractivity contribution >= 4 is 11.6 Å². The van der Waals surface area contributed by atoms with Gasteiger partial charge < -0.3 is 10.1 Å². The largest absolute Gasteiger partial charge is 0.477 e. The SMILES string of the molecule is CC(C)COc1ccc(NC(=O)[C@@H]2C[C@@H]2c2cnn(C)c2)cn1. The summed E-state index contributed by atoms with van der Waals surface area (Å²) in [5.41, 5.74) is 1.83. The van der Waals surface area contributed by atoms with E-state index in [0.29, 0.717) is 24.1 Å². The van der Waals surface area contributed by atoms with E-state index in [1.165, 1.54) is 0 Å². The second-order valence-corrected chi connectivity index (χ2v) is 6.48. The Morgan fingerprint density at radius 2 is 2.26 bits per heavy atom. The molecule has 6 heteroatoms. The van der Waals surface area contributed by atoms with E-state index >= 15 is 0 Å². The Labute approximate surface area is 135 Å². The predicted octanol–water partition coefficient (Wildman–Crippen LogP) is 2.59. The third kappa shape index (κ3) is 3.88. The molecular formula is C17H22N4O2. The summed E-state index contributed by atoms with van der Waals surface area (Å²) in [7, 11) is 1.88. The molecule has 0 bridgehead atoms. The molecule has 3 rings (SSSR count). The van der Waals surface area contributed by atoms with E-state index in [9.17, 15) is 4.79 Å². The minimum absolute atomic E-state index is 0.0241. The van der Waals surface area contributed by atoms with Gasteiger partial charge in [0.1, 0.15) is 0 Å². The number of nitrogens with zero attached hydrogens (tertiary/aromatic N) is 3. The summed E-state index contributed by atoms with van der Waals surface area (Å²) in [6.07, 6.45) is 6.32. The lowest BCUT2D eigenvalue weighted by Gasteiger charge is -2.08. The number of aromatic nitrogens is 3. The minimum atomic E-state index is 0.0241. The first kappa shape index (κ1) is 15.5. The average molecular weight is 314 g/mol. The molecule has 6 nitrogen and oxygen atoms in total. The van der Waals surface area contributed by atoms with Gasteiger partial charge in [-0.3, -0.25) is 9.48 Å². The number of hydrogen-bond donors (Lipinski definition) is 1. The van der Waals surface area contributed by atoms with Crippen molar-refractivity contribution in [3.05, 3.63) is 36.3 Å². The molecule has 0 radical (unpaired) electrons. The van der Waals surface area contributed by atoms with E-state index in [0.717, 1.165) is 12.0 Å². The highest BCUT2D eigenvalue weighted by Gasteiger charge is 2.44. The number of amides is 1. The Kier molecular flexibility index (Phi) is 4.32. The van der Waals surface area contributed by atoms with Gasteiger partial charge in [0.15, 0.2) is 0 Å². The maximum absolute atomic E-state index is 12.3. The van der Waals surface area contributed by atoms with Crippen LogP contribution in [-0.4, -0.2) is 27.3 Å². The quantitative estimate of drug-likeness (QED) is 0.890. The molecule has 0 saturated heterocycles.